The first-order valence-electron chi connectivity index (χ1n) is 2.83. The van der Waals surface area contributed by atoms with Gasteiger partial charge in [0, 0.05) is 13.2 Å². The van der Waals surface area contributed by atoms with E-state index >= 15 is 0 Å². The number of rotatable bonds is 4. The van der Waals surface area contributed by atoms with E-state index in [2.05, 4.69) is 6.92 Å². The molecular formula is C6H13O2. The van der Waals surface area contributed by atoms with Crippen molar-refractivity contribution in [2.75, 3.05) is 13.2 Å². The average Bonchev–Trinajstić information content (AvgIpc) is 1.68. The molecule has 0 heterocycles. The minimum absolute atomic E-state index is 0.0995. The van der Waals surface area contributed by atoms with Gasteiger partial charge in [0.05, 0.1) is 0 Å². The van der Waals surface area contributed by atoms with Crippen molar-refractivity contribution in [1.29, 1.82) is 0 Å². The topological polar surface area (TPSA) is 18.5 Å². The molecule has 0 aromatic rings. The van der Waals surface area contributed by atoms with Crippen molar-refractivity contribution in [3.05, 3.63) is 6.92 Å². The third-order valence-electron chi connectivity index (χ3n) is 0.754. The molecule has 0 aromatic carbocycles. The van der Waals surface area contributed by atoms with Crippen LogP contribution in [-0.4, -0.2) is 19.5 Å². The van der Waals surface area contributed by atoms with Crippen molar-refractivity contribution in [2.45, 2.75) is 20.1 Å². The zero-order valence-electron chi connectivity index (χ0n) is 5.52. The van der Waals surface area contributed by atoms with E-state index in [0.717, 1.165) is 0 Å². The van der Waals surface area contributed by atoms with Gasteiger partial charge in [-0.25, -0.2) is 0 Å². The predicted octanol–water partition coefficient (Wildman–Crippen LogP) is 1.22. The number of hydrogen-bond acceptors (Lipinski definition) is 2. The zero-order chi connectivity index (χ0) is 6.41. The molecule has 8 heavy (non-hydrogen) atoms. The first-order valence-corrected chi connectivity index (χ1v) is 2.83. The Hall–Kier alpha value is -0.0800. The fourth-order valence-electron chi connectivity index (χ4n) is 0.449. The average molecular weight is 117 g/mol. The second-order valence-corrected chi connectivity index (χ2v) is 1.39. The molecule has 0 N–H and O–H groups in total. The second kappa shape index (κ2) is 5.06. The predicted molar refractivity (Wildman–Crippen MR) is 32.4 cm³/mol. The quantitative estimate of drug-likeness (QED) is 0.515. The highest BCUT2D eigenvalue weighted by atomic mass is 16.7. The summed E-state index contributed by atoms with van der Waals surface area (Å²) in [5.41, 5.74) is 0. The van der Waals surface area contributed by atoms with Crippen LogP contribution in [0.4, 0.5) is 0 Å². The van der Waals surface area contributed by atoms with Crippen LogP contribution >= 0.6 is 0 Å². The van der Waals surface area contributed by atoms with Crippen molar-refractivity contribution in [3.8, 4) is 0 Å². The molecule has 0 saturated heterocycles. The summed E-state index contributed by atoms with van der Waals surface area (Å²) in [7, 11) is 0. The Balaban J connectivity index is 2.92. The molecular weight excluding hydrogens is 104 g/mol. The molecule has 0 rings (SSSR count). The lowest BCUT2D eigenvalue weighted by Crippen LogP contribution is -2.11. The van der Waals surface area contributed by atoms with Gasteiger partial charge in [0.25, 0.3) is 0 Å². The molecule has 0 aromatic heterocycles. The van der Waals surface area contributed by atoms with E-state index in [4.69, 9.17) is 9.47 Å². The Kier molecular flexibility index (Phi) is 5.01. The van der Waals surface area contributed by atoms with Gasteiger partial charge >= 0.3 is 0 Å². The SMILES string of the molecule is [CH2]COC(C)OCC. The summed E-state index contributed by atoms with van der Waals surface area (Å²) in [4.78, 5) is 0. The molecule has 0 spiro atoms. The molecule has 49 valence electrons. The molecule has 0 bridgehead atoms. The van der Waals surface area contributed by atoms with Crippen LogP contribution in [0.25, 0.3) is 0 Å². The molecule has 0 aliphatic rings. The van der Waals surface area contributed by atoms with E-state index in [-0.39, 0.29) is 6.29 Å². The normalized spacial score (nSPS) is 10.5. The highest BCUT2D eigenvalue weighted by Crippen LogP contribution is 1.90. The van der Waals surface area contributed by atoms with E-state index < -0.39 is 0 Å². The van der Waals surface area contributed by atoms with Crippen LogP contribution in [0.15, 0.2) is 0 Å². The third-order valence-corrected chi connectivity index (χ3v) is 0.754. The van der Waals surface area contributed by atoms with Crippen LogP contribution in [0.2, 0.25) is 0 Å². The fraction of sp³-hybridized carbons (Fsp3) is 0.833. The van der Waals surface area contributed by atoms with E-state index in [1.165, 1.54) is 0 Å². The van der Waals surface area contributed by atoms with Crippen LogP contribution < -0.4 is 0 Å². The molecule has 2 heteroatoms. The standard InChI is InChI=1S/C6H13O2/c1-4-7-6(3)8-5-2/h6H,1,4-5H2,2-3H3. The largest absolute Gasteiger partial charge is 0.353 e. The Labute approximate surface area is 50.8 Å². The van der Waals surface area contributed by atoms with E-state index in [1.807, 2.05) is 13.8 Å². The summed E-state index contributed by atoms with van der Waals surface area (Å²) in [6.45, 7) is 8.46. The minimum atomic E-state index is -0.0995. The van der Waals surface area contributed by atoms with Crippen LogP contribution in [0, 0.1) is 6.92 Å². The van der Waals surface area contributed by atoms with Crippen molar-refractivity contribution in [3.63, 3.8) is 0 Å². The smallest absolute Gasteiger partial charge is 0.154 e. The number of ether oxygens (including phenoxy) is 2. The van der Waals surface area contributed by atoms with E-state index in [1.54, 1.807) is 0 Å². The maximum Gasteiger partial charge on any atom is 0.154 e. The van der Waals surface area contributed by atoms with Crippen LogP contribution in [0.1, 0.15) is 13.8 Å². The fourth-order valence-corrected chi connectivity index (χ4v) is 0.449. The highest BCUT2D eigenvalue weighted by Gasteiger charge is 1.94. The maximum absolute atomic E-state index is 5.02. The molecule has 1 unspecified atom stereocenters. The molecule has 1 atom stereocenters. The summed E-state index contributed by atoms with van der Waals surface area (Å²) in [6, 6.07) is 0. The Morgan fingerprint density at radius 1 is 1.50 bits per heavy atom. The molecule has 0 aliphatic heterocycles. The van der Waals surface area contributed by atoms with Crippen LogP contribution in [0.3, 0.4) is 0 Å². The van der Waals surface area contributed by atoms with Crippen LogP contribution in [-0.2, 0) is 9.47 Å². The van der Waals surface area contributed by atoms with Gasteiger partial charge in [-0.05, 0) is 20.8 Å². The molecule has 0 amide bonds. The van der Waals surface area contributed by atoms with Crippen molar-refractivity contribution < 1.29 is 9.47 Å². The van der Waals surface area contributed by atoms with E-state index in [0.29, 0.717) is 13.2 Å². The molecule has 0 saturated carbocycles. The van der Waals surface area contributed by atoms with Gasteiger partial charge < -0.3 is 9.47 Å². The van der Waals surface area contributed by atoms with Gasteiger partial charge in [-0.2, -0.15) is 0 Å². The van der Waals surface area contributed by atoms with Crippen LogP contribution in [0.5, 0.6) is 0 Å². The van der Waals surface area contributed by atoms with Crippen molar-refractivity contribution in [2.24, 2.45) is 0 Å². The molecule has 1 radical (unpaired) electrons. The van der Waals surface area contributed by atoms with Gasteiger partial charge in [0.2, 0.25) is 0 Å². The minimum Gasteiger partial charge on any atom is -0.353 e. The first kappa shape index (κ1) is 7.92. The first-order chi connectivity index (χ1) is 3.81. The lowest BCUT2D eigenvalue weighted by molar-refractivity contribution is -0.119. The maximum atomic E-state index is 5.02. The van der Waals surface area contributed by atoms with Crippen molar-refractivity contribution >= 4 is 0 Å². The Morgan fingerprint density at radius 2 is 2.12 bits per heavy atom. The lowest BCUT2D eigenvalue weighted by atomic mass is 10.7. The van der Waals surface area contributed by atoms with Gasteiger partial charge in [-0.15, -0.1) is 0 Å². The second-order valence-electron chi connectivity index (χ2n) is 1.39. The lowest BCUT2D eigenvalue weighted by Gasteiger charge is -2.09. The Morgan fingerprint density at radius 3 is 2.50 bits per heavy atom. The van der Waals surface area contributed by atoms with Gasteiger partial charge in [0.15, 0.2) is 6.29 Å². The summed E-state index contributed by atoms with van der Waals surface area (Å²) in [6.07, 6.45) is -0.0995. The van der Waals surface area contributed by atoms with Gasteiger partial charge in [-0.3, -0.25) is 0 Å². The Bertz CT molecular complexity index is 39.8. The summed E-state index contributed by atoms with van der Waals surface area (Å²) in [5.74, 6) is 0. The number of hydrogen-bond donors (Lipinski definition) is 0. The van der Waals surface area contributed by atoms with Gasteiger partial charge in [-0.1, -0.05) is 0 Å². The monoisotopic (exact) mass is 117 g/mol. The summed E-state index contributed by atoms with van der Waals surface area (Å²) >= 11 is 0. The molecule has 2 nitrogen and oxygen atoms in total. The third kappa shape index (κ3) is 4.09. The zero-order valence-corrected chi connectivity index (χ0v) is 5.52. The van der Waals surface area contributed by atoms with Gasteiger partial charge in [0.1, 0.15) is 0 Å². The van der Waals surface area contributed by atoms with Crippen molar-refractivity contribution in [1.82, 2.24) is 0 Å². The molecule has 0 fully saturated rings. The summed E-state index contributed by atoms with van der Waals surface area (Å²) in [5, 5.41) is 0. The highest BCUT2D eigenvalue weighted by molar-refractivity contribution is 4.33. The summed E-state index contributed by atoms with van der Waals surface area (Å²) < 4.78 is 9.97. The molecule has 0 aliphatic carbocycles. The van der Waals surface area contributed by atoms with E-state index in [9.17, 15) is 0 Å².